The Hall–Kier alpha value is -1.34. The summed E-state index contributed by atoms with van der Waals surface area (Å²) in [7, 11) is -1.80. The van der Waals surface area contributed by atoms with Crippen LogP contribution in [0.5, 0.6) is 0 Å². The Labute approximate surface area is 100 Å². The third-order valence-electron chi connectivity index (χ3n) is 2.41. The van der Waals surface area contributed by atoms with E-state index in [0.29, 0.717) is 0 Å². The lowest BCUT2D eigenvalue weighted by molar-refractivity contribution is -0.141. The minimum atomic E-state index is -3.52. The van der Waals surface area contributed by atoms with Gasteiger partial charge >= 0.3 is 5.97 Å². The summed E-state index contributed by atoms with van der Waals surface area (Å²) in [5.41, 5.74) is 0. The molecule has 0 saturated carbocycles. The van der Waals surface area contributed by atoms with Gasteiger partial charge in [0.2, 0.25) is 10.0 Å². The van der Waals surface area contributed by atoms with E-state index in [1.165, 1.54) is 12.3 Å². The molecule has 0 aliphatic carbocycles. The smallest absolute Gasteiger partial charge is 0.306 e. The molecule has 1 atom stereocenters. The van der Waals surface area contributed by atoms with Crippen molar-refractivity contribution in [1.82, 2.24) is 9.29 Å². The summed E-state index contributed by atoms with van der Waals surface area (Å²) >= 11 is 0. The molecule has 1 aromatic heterocycles. The second-order valence-corrected chi connectivity index (χ2v) is 5.71. The van der Waals surface area contributed by atoms with Crippen molar-refractivity contribution in [2.24, 2.45) is 13.0 Å². The van der Waals surface area contributed by atoms with E-state index in [4.69, 9.17) is 5.11 Å². The van der Waals surface area contributed by atoms with E-state index in [-0.39, 0.29) is 17.9 Å². The Morgan fingerprint density at radius 2 is 2.24 bits per heavy atom. The summed E-state index contributed by atoms with van der Waals surface area (Å²) in [6.07, 6.45) is 3.39. The first kappa shape index (κ1) is 13.7. The van der Waals surface area contributed by atoms with Gasteiger partial charge in [0.25, 0.3) is 0 Å². The number of carbonyl (C=O) groups is 1. The monoisotopic (exact) mass is 260 g/mol. The second-order valence-electron chi connectivity index (χ2n) is 3.94. The number of rotatable bonds is 6. The molecule has 0 amide bonds. The van der Waals surface area contributed by atoms with Gasteiger partial charge in [-0.2, -0.15) is 0 Å². The third-order valence-corrected chi connectivity index (χ3v) is 3.85. The highest BCUT2D eigenvalue weighted by Gasteiger charge is 2.16. The number of aromatic nitrogens is 1. The highest BCUT2D eigenvalue weighted by molar-refractivity contribution is 7.89. The molecule has 6 nitrogen and oxygen atoms in total. The second kappa shape index (κ2) is 5.33. The largest absolute Gasteiger partial charge is 0.481 e. The van der Waals surface area contributed by atoms with E-state index in [9.17, 15) is 13.2 Å². The van der Waals surface area contributed by atoms with Gasteiger partial charge in [0.1, 0.15) is 0 Å². The molecule has 1 unspecified atom stereocenters. The van der Waals surface area contributed by atoms with Crippen LogP contribution in [-0.2, 0) is 21.9 Å². The highest BCUT2D eigenvalue weighted by Crippen LogP contribution is 2.08. The van der Waals surface area contributed by atoms with Gasteiger partial charge in [-0.25, -0.2) is 13.1 Å². The molecule has 0 spiro atoms. The van der Waals surface area contributed by atoms with Crippen LogP contribution in [0.15, 0.2) is 23.4 Å². The lowest BCUT2D eigenvalue weighted by Gasteiger charge is -2.07. The third kappa shape index (κ3) is 3.86. The molecule has 17 heavy (non-hydrogen) atoms. The topological polar surface area (TPSA) is 88.4 Å². The van der Waals surface area contributed by atoms with E-state index in [2.05, 4.69) is 4.72 Å². The molecule has 0 aliphatic rings. The van der Waals surface area contributed by atoms with Gasteiger partial charge < -0.3 is 9.67 Å². The van der Waals surface area contributed by atoms with Gasteiger partial charge in [0, 0.05) is 26.0 Å². The maximum Gasteiger partial charge on any atom is 0.306 e. The van der Waals surface area contributed by atoms with Crippen LogP contribution in [0.2, 0.25) is 0 Å². The zero-order valence-corrected chi connectivity index (χ0v) is 10.6. The summed E-state index contributed by atoms with van der Waals surface area (Å²) < 4.78 is 27.5. The summed E-state index contributed by atoms with van der Waals surface area (Å²) in [6, 6.07) is 1.49. The van der Waals surface area contributed by atoms with E-state index in [1.807, 2.05) is 0 Å². The molecule has 96 valence electrons. The minimum Gasteiger partial charge on any atom is -0.481 e. The SMILES string of the molecule is CC(CCNS(=O)(=O)c1ccn(C)c1)C(=O)O. The quantitative estimate of drug-likeness (QED) is 0.775. The van der Waals surface area contributed by atoms with Crippen LogP contribution in [0.25, 0.3) is 0 Å². The number of aliphatic carboxylic acids is 1. The number of nitrogens with zero attached hydrogens (tertiary/aromatic N) is 1. The van der Waals surface area contributed by atoms with Crippen molar-refractivity contribution in [3.05, 3.63) is 18.5 Å². The molecule has 0 radical (unpaired) electrons. The summed E-state index contributed by atoms with van der Waals surface area (Å²) in [6.45, 7) is 1.66. The average molecular weight is 260 g/mol. The summed E-state index contributed by atoms with van der Waals surface area (Å²) in [5, 5.41) is 8.65. The number of aryl methyl sites for hydroxylation is 1. The van der Waals surface area contributed by atoms with Crippen LogP contribution in [0.4, 0.5) is 0 Å². The number of carboxylic acid groups (broad SMARTS) is 1. The van der Waals surface area contributed by atoms with Crippen LogP contribution < -0.4 is 4.72 Å². The molecule has 1 rings (SSSR count). The minimum absolute atomic E-state index is 0.116. The van der Waals surface area contributed by atoms with E-state index >= 15 is 0 Å². The normalized spacial score (nSPS) is 13.5. The molecule has 1 aromatic rings. The fraction of sp³-hybridized carbons (Fsp3) is 0.500. The summed E-state index contributed by atoms with van der Waals surface area (Å²) in [5.74, 6) is -1.49. The molecular weight excluding hydrogens is 244 g/mol. The van der Waals surface area contributed by atoms with Crippen LogP contribution in [0, 0.1) is 5.92 Å². The number of sulfonamides is 1. The first-order valence-electron chi connectivity index (χ1n) is 5.17. The van der Waals surface area contributed by atoms with Gasteiger partial charge in [0.15, 0.2) is 0 Å². The molecule has 0 aliphatic heterocycles. The predicted molar refractivity (Wildman–Crippen MR) is 62.0 cm³/mol. The van der Waals surface area contributed by atoms with Crippen molar-refractivity contribution in [3.63, 3.8) is 0 Å². The van der Waals surface area contributed by atoms with Gasteiger partial charge in [-0.3, -0.25) is 4.79 Å². The van der Waals surface area contributed by atoms with Gasteiger partial charge in [-0.05, 0) is 12.5 Å². The molecule has 2 N–H and O–H groups in total. The Morgan fingerprint density at radius 3 is 2.71 bits per heavy atom. The van der Waals surface area contributed by atoms with Gasteiger partial charge in [-0.15, -0.1) is 0 Å². The Bertz CT molecular complexity index is 492. The maximum atomic E-state index is 11.7. The molecule has 0 saturated heterocycles. The molecule has 0 fully saturated rings. The molecule has 0 bridgehead atoms. The van der Waals surface area contributed by atoms with Crippen molar-refractivity contribution >= 4 is 16.0 Å². The lowest BCUT2D eigenvalue weighted by atomic mass is 10.1. The fourth-order valence-electron chi connectivity index (χ4n) is 1.25. The summed E-state index contributed by atoms with van der Waals surface area (Å²) in [4.78, 5) is 10.7. The predicted octanol–water partition coefficient (Wildman–Crippen LogP) is 0.414. The standard InChI is InChI=1S/C10H16N2O4S/c1-8(10(13)14)3-5-11-17(15,16)9-4-6-12(2)7-9/h4,6-8,11H,3,5H2,1-2H3,(H,13,14). The molecule has 0 aromatic carbocycles. The Morgan fingerprint density at radius 1 is 1.59 bits per heavy atom. The number of carboxylic acids is 1. The molecule has 7 heteroatoms. The van der Waals surface area contributed by atoms with Crippen LogP contribution in [0.3, 0.4) is 0 Å². The van der Waals surface area contributed by atoms with E-state index < -0.39 is 21.9 Å². The number of hydrogen-bond donors (Lipinski definition) is 2. The number of hydrogen-bond acceptors (Lipinski definition) is 3. The average Bonchev–Trinajstić information content (AvgIpc) is 2.65. The van der Waals surface area contributed by atoms with Crippen molar-refractivity contribution < 1.29 is 18.3 Å². The van der Waals surface area contributed by atoms with Crippen molar-refractivity contribution in [1.29, 1.82) is 0 Å². The van der Waals surface area contributed by atoms with Crippen LogP contribution in [0.1, 0.15) is 13.3 Å². The molecule has 1 heterocycles. The maximum absolute atomic E-state index is 11.7. The van der Waals surface area contributed by atoms with Gasteiger partial charge in [-0.1, -0.05) is 6.92 Å². The van der Waals surface area contributed by atoms with Gasteiger partial charge in [0.05, 0.1) is 10.8 Å². The molecular formula is C10H16N2O4S. The van der Waals surface area contributed by atoms with E-state index in [1.54, 1.807) is 24.7 Å². The van der Waals surface area contributed by atoms with Crippen molar-refractivity contribution in [2.45, 2.75) is 18.2 Å². The zero-order valence-electron chi connectivity index (χ0n) is 9.75. The van der Waals surface area contributed by atoms with Crippen molar-refractivity contribution in [3.8, 4) is 0 Å². The Balaban J connectivity index is 2.54. The highest BCUT2D eigenvalue weighted by atomic mass is 32.2. The Kier molecular flexibility index (Phi) is 4.30. The first-order valence-corrected chi connectivity index (χ1v) is 6.65. The number of nitrogens with one attached hydrogen (secondary N) is 1. The fourth-order valence-corrected chi connectivity index (χ4v) is 2.35. The van der Waals surface area contributed by atoms with Crippen LogP contribution >= 0.6 is 0 Å². The lowest BCUT2D eigenvalue weighted by Crippen LogP contribution is -2.27. The van der Waals surface area contributed by atoms with E-state index in [0.717, 1.165) is 0 Å². The van der Waals surface area contributed by atoms with Crippen LogP contribution in [-0.4, -0.2) is 30.6 Å². The van der Waals surface area contributed by atoms with Crippen molar-refractivity contribution in [2.75, 3.05) is 6.54 Å². The zero-order chi connectivity index (χ0) is 13.1. The first-order chi connectivity index (χ1) is 7.83.